The molecule has 716 valence electrons. The van der Waals surface area contributed by atoms with Crippen LogP contribution in [0.3, 0.4) is 0 Å². The summed E-state index contributed by atoms with van der Waals surface area (Å²) < 4.78 is 0. The Hall–Kier alpha value is -11.0. The van der Waals surface area contributed by atoms with Crippen molar-refractivity contribution < 1.29 is 82.8 Å². The summed E-state index contributed by atoms with van der Waals surface area (Å²) in [4.78, 5) is 182. The second-order valence-corrected chi connectivity index (χ2v) is 35.8. The van der Waals surface area contributed by atoms with Crippen molar-refractivity contribution >= 4 is 76.8 Å². The fourth-order valence-electron chi connectivity index (χ4n) is 18.3. The van der Waals surface area contributed by atoms with Gasteiger partial charge in [0.2, 0.25) is 76.8 Å². The van der Waals surface area contributed by atoms with Crippen LogP contribution in [-0.4, -0.2) is 178 Å². The van der Waals surface area contributed by atoms with Crippen LogP contribution in [0.2, 0.25) is 0 Å². The second kappa shape index (κ2) is 55.9. The van der Waals surface area contributed by atoms with Gasteiger partial charge in [-0.15, -0.1) is 0 Å². The lowest BCUT2D eigenvalue weighted by Crippen LogP contribution is -2.52. The highest BCUT2D eigenvalue weighted by Crippen LogP contribution is 2.34. The molecule has 130 heavy (non-hydrogen) atoms. The molecule has 4 aliphatic rings. The number of phenolic OH excluding ortho intramolecular Hbond substituents is 4. The lowest BCUT2D eigenvalue weighted by molar-refractivity contribution is -0.132. The van der Waals surface area contributed by atoms with Crippen LogP contribution in [0.4, 0.5) is 0 Å². The number of rotatable bonds is 54. The van der Waals surface area contributed by atoms with Crippen molar-refractivity contribution in [2.45, 2.75) is 310 Å². The van der Waals surface area contributed by atoms with Crippen LogP contribution in [0.25, 0.3) is 0 Å². The molecule has 0 bridgehead atoms. The molecular formula is C95H144N18O17. The maximum absolute atomic E-state index is 14.8. The summed E-state index contributed by atoms with van der Waals surface area (Å²) >= 11 is 0. The number of benzene rings is 4. The summed E-state index contributed by atoms with van der Waals surface area (Å²) in [5.74, 6) is -8.49. The maximum atomic E-state index is 14.8. The van der Waals surface area contributed by atoms with Crippen molar-refractivity contribution in [1.29, 1.82) is 0 Å². The number of aromatic hydroxyl groups is 4. The van der Waals surface area contributed by atoms with Crippen molar-refractivity contribution in [1.82, 2.24) is 63.8 Å². The zero-order valence-corrected chi connectivity index (χ0v) is 75.2. The number of hydrogen-bond donors (Lipinski definition) is 22. The van der Waals surface area contributed by atoms with Crippen molar-refractivity contribution in [2.75, 3.05) is 32.7 Å². The molecule has 8 rings (SSSR count). The first-order valence-electron chi connectivity index (χ1n) is 47.1. The third-order valence-corrected chi connectivity index (χ3v) is 25.4. The summed E-state index contributed by atoms with van der Waals surface area (Å²) in [6.45, 7) is 1.64. The molecule has 0 spiro atoms. The summed E-state index contributed by atoms with van der Waals surface area (Å²) in [5, 5.41) is 77.5. The van der Waals surface area contributed by atoms with Crippen LogP contribution < -0.4 is 98.2 Å². The fraction of sp³-hybridized carbons (Fsp3) is 0.611. The molecule has 4 fully saturated rings. The Bertz CT molecular complexity index is 4260. The predicted octanol–water partition coefficient (Wildman–Crippen LogP) is 5.35. The largest absolute Gasteiger partial charge is 0.508 e. The van der Waals surface area contributed by atoms with E-state index in [1.165, 1.54) is 48.5 Å². The Labute approximate surface area is 762 Å². The number of carbonyl (C=O) groups excluding carboxylic acids is 13. The van der Waals surface area contributed by atoms with E-state index in [9.17, 15) is 82.8 Å². The van der Waals surface area contributed by atoms with E-state index in [0.717, 1.165) is 32.1 Å². The average molecular weight is 1810 g/mol. The van der Waals surface area contributed by atoms with E-state index in [0.29, 0.717) is 196 Å². The quantitative estimate of drug-likeness (QED) is 0.0248. The maximum Gasteiger partial charge on any atom is 0.225 e. The normalized spacial score (nSPS) is 20.3. The molecule has 28 N–H and O–H groups in total. The van der Waals surface area contributed by atoms with Gasteiger partial charge in [-0.2, -0.15) is 0 Å². The third kappa shape index (κ3) is 36.7. The molecule has 0 radical (unpaired) electrons. The Balaban J connectivity index is 0.881. The number of nitrogens with one attached hydrogen (secondary N) is 12. The summed E-state index contributed by atoms with van der Waals surface area (Å²) in [6.07, 6.45) is 14.4. The van der Waals surface area contributed by atoms with Gasteiger partial charge in [0.25, 0.3) is 0 Å². The third-order valence-electron chi connectivity index (χ3n) is 25.4. The number of primary amides is 1. The van der Waals surface area contributed by atoms with Gasteiger partial charge in [0.1, 0.15) is 23.0 Å². The van der Waals surface area contributed by atoms with Crippen LogP contribution >= 0.6 is 0 Å². The Kier molecular flexibility index (Phi) is 44.9. The Morgan fingerprint density at radius 3 is 0.785 bits per heavy atom. The zero-order chi connectivity index (χ0) is 93.9. The van der Waals surface area contributed by atoms with E-state index in [4.69, 9.17) is 34.4 Å². The average Bonchev–Trinajstić information content (AvgIpc) is 0.855. The monoisotopic (exact) mass is 1810 g/mol. The molecule has 16 atom stereocenters. The number of nitrogens with two attached hydrogens (primary N) is 6. The molecule has 35 heteroatoms. The second-order valence-electron chi connectivity index (χ2n) is 35.8. The molecule has 0 saturated heterocycles. The van der Waals surface area contributed by atoms with E-state index < -0.39 is 149 Å². The minimum atomic E-state index is -0.968. The summed E-state index contributed by atoms with van der Waals surface area (Å²) in [5.41, 5.74) is 37.1. The molecule has 13 amide bonds. The molecule has 35 nitrogen and oxygen atoms in total. The highest BCUT2D eigenvalue weighted by Gasteiger charge is 2.40. The van der Waals surface area contributed by atoms with Crippen molar-refractivity contribution in [3.05, 3.63) is 119 Å². The predicted molar refractivity (Wildman–Crippen MR) is 491 cm³/mol. The molecule has 4 aliphatic carbocycles. The Morgan fingerprint density at radius 1 is 0.292 bits per heavy atom. The number of amides is 13. The highest BCUT2D eigenvalue weighted by atomic mass is 16.3. The molecular weight excluding hydrogens is 1670 g/mol. The summed E-state index contributed by atoms with van der Waals surface area (Å²) in [7, 11) is 0. The van der Waals surface area contributed by atoms with Gasteiger partial charge >= 0.3 is 0 Å². The van der Waals surface area contributed by atoms with Gasteiger partial charge in [-0.1, -0.05) is 126 Å². The van der Waals surface area contributed by atoms with Gasteiger partial charge in [-0.3, -0.25) is 62.3 Å². The number of phenols is 4. The lowest BCUT2D eigenvalue weighted by atomic mass is 9.83. The van der Waals surface area contributed by atoms with Gasteiger partial charge in [-0.25, -0.2) is 0 Å². The van der Waals surface area contributed by atoms with Gasteiger partial charge in [0.15, 0.2) is 0 Å². The summed E-state index contributed by atoms with van der Waals surface area (Å²) in [6, 6.07) is 15.8. The van der Waals surface area contributed by atoms with Gasteiger partial charge in [0, 0.05) is 87.0 Å². The van der Waals surface area contributed by atoms with Gasteiger partial charge < -0.3 is 119 Å². The van der Waals surface area contributed by atoms with Crippen LogP contribution in [0.1, 0.15) is 284 Å². The molecule has 0 unspecified atom stereocenters. The minimum absolute atomic E-state index is 0.00700. The van der Waals surface area contributed by atoms with Crippen molar-refractivity contribution in [2.24, 2.45) is 58.1 Å². The lowest BCUT2D eigenvalue weighted by Gasteiger charge is -2.33. The molecule has 4 aromatic rings. The smallest absolute Gasteiger partial charge is 0.225 e. The standard InChI is InChI=1S/C95H144N18O17/c96-46-13-9-17-63(100)51-84(119)110-79(59-29-37-67(114)38-30-59)55-89(124)107-76-26-6-2-22-72(76)93(128)103-65(19-11-15-48-98)53-86(121)112-81(61-33-41-69(116)42-34-61)57-91(126)109-78-28-8-4-24-74(78)95(130)105-66(20-12-16-49-99)54-87(122)113-82(62-35-43-70(117)44-36-62)58-90(125)108-77-27-7-3-23-73(77)94(129)104-64(18-10-14-47-97)52-85(120)111-80(60-31-39-68(115)40-32-60)56-88(123)106-75-25-5-1-21-71(75)92(127)102-50-45-83(101)118/h29-44,63-66,71-82,114-117H,1-28,45-58,96-100H2,(H2,101,118)(H,102,127)(H,103,128)(H,104,129)(H,105,130)(H,106,123)(H,107,124)(H,108,125)(H,109,126)(H,110,119)(H,111,120)(H,112,121)(H,113,122)/t63-,64-,65-,66-,71-,72-,73-,74-,75-,76-,77-,78-,79+,80+,81+,82+/m1/s1. The molecule has 0 aromatic heterocycles. The SMILES string of the molecule is NCCCC[C@@H](N)CC(=O)N[C@@H](CC(=O)N[C@@H]1CCCC[C@H]1C(=O)N[C@H](CCCCN)CC(=O)N[C@@H](CC(=O)N[C@@H]1CCCC[C@H]1C(=O)N[C@H](CCCCN)CC(=O)N[C@@H](CC(=O)N[C@@H]1CCCC[C@H]1C(=O)N[C@H](CCCCN)CC(=O)N[C@@H](CC(=O)N[C@@H]1CCCC[C@H]1C(=O)NCCC(N)=O)c1ccc(O)cc1)c1ccc(O)cc1)c1ccc(O)cc1)c1ccc(O)cc1. The van der Waals surface area contributed by atoms with E-state index in [2.05, 4.69) is 63.8 Å². The van der Waals surface area contributed by atoms with Crippen LogP contribution in [-0.2, 0) is 62.3 Å². The van der Waals surface area contributed by atoms with E-state index in [-0.39, 0.29) is 111 Å². The number of unbranched alkanes of at least 4 members (excludes halogenated alkanes) is 4. The van der Waals surface area contributed by atoms with E-state index >= 15 is 0 Å². The first kappa shape index (κ1) is 104. The molecule has 0 aliphatic heterocycles. The van der Waals surface area contributed by atoms with Crippen LogP contribution in [0.5, 0.6) is 23.0 Å². The van der Waals surface area contributed by atoms with Crippen molar-refractivity contribution in [3.8, 4) is 23.0 Å². The topological polar surface area (TPSA) is 603 Å². The Morgan fingerprint density at radius 2 is 0.531 bits per heavy atom. The number of hydrogen-bond acceptors (Lipinski definition) is 22. The fourth-order valence-corrected chi connectivity index (χ4v) is 18.3. The first-order valence-corrected chi connectivity index (χ1v) is 47.1. The van der Waals surface area contributed by atoms with Gasteiger partial charge in [0.05, 0.1) is 73.5 Å². The minimum Gasteiger partial charge on any atom is -0.508 e. The number of carbonyl (C=O) groups is 13. The molecule has 4 aromatic carbocycles. The van der Waals surface area contributed by atoms with Crippen LogP contribution in [0.15, 0.2) is 97.1 Å². The first-order chi connectivity index (χ1) is 62.6. The molecule has 0 heterocycles. The van der Waals surface area contributed by atoms with Gasteiger partial charge in [-0.05, 0) is 200 Å². The van der Waals surface area contributed by atoms with Crippen LogP contribution in [0, 0.1) is 23.7 Å². The zero-order valence-electron chi connectivity index (χ0n) is 75.2. The van der Waals surface area contributed by atoms with Crippen molar-refractivity contribution in [3.63, 3.8) is 0 Å². The highest BCUT2D eigenvalue weighted by molar-refractivity contribution is 5.88. The molecule has 4 saturated carbocycles. The van der Waals surface area contributed by atoms with E-state index in [1.807, 2.05) is 0 Å². The van der Waals surface area contributed by atoms with E-state index in [1.54, 1.807) is 48.5 Å².